The molecule has 1 fully saturated rings. The fraction of sp³-hybridized carbons (Fsp3) is 0.750. The van der Waals surface area contributed by atoms with E-state index in [0.717, 1.165) is 6.42 Å². The van der Waals surface area contributed by atoms with Gasteiger partial charge in [-0.2, -0.15) is 0 Å². The number of ether oxygens (including phenoxy) is 1. The van der Waals surface area contributed by atoms with Crippen molar-refractivity contribution < 1.29 is 19.4 Å². The zero-order valence-electron chi connectivity index (χ0n) is 7.45. The van der Waals surface area contributed by atoms with E-state index >= 15 is 0 Å². The van der Waals surface area contributed by atoms with E-state index in [2.05, 4.69) is 10.1 Å². The van der Waals surface area contributed by atoms with Crippen LogP contribution in [-0.2, 0) is 14.3 Å². The second-order valence-corrected chi connectivity index (χ2v) is 3.04. The summed E-state index contributed by atoms with van der Waals surface area (Å²) in [6, 6.07) is -0.684. The molecule has 2 N–H and O–H groups in total. The lowest BCUT2D eigenvalue weighted by Crippen LogP contribution is -2.50. The van der Waals surface area contributed by atoms with Crippen LogP contribution in [0.25, 0.3) is 0 Å². The Labute approximate surface area is 76.1 Å². The summed E-state index contributed by atoms with van der Waals surface area (Å²) >= 11 is 0. The van der Waals surface area contributed by atoms with Gasteiger partial charge in [-0.1, -0.05) is 0 Å². The number of esters is 1. The maximum atomic E-state index is 11.1. The molecule has 5 heteroatoms. The lowest BCUT2D eigenvalue weighted by molar-refractivity contribution is -0.154. The topological polar surface area (TPSA) is 75.6 Å². The smallest absolute Gasteiger partial charge is 0.323 e. The van der Waals surface area contributed by atoms with Crippen molar-refractivity contribution in [1.29, 1.82) is 0 Å². The van der Waals surface area contributed by atoms with Gasteiger partial charge in [0.1, 0.15) is 6.04 Å². The molecule has 1 saturated heterocycles. The average molecular weight is 187 g/mol. The minimum Gasteiger partial charge on any atom is -0.481 e. The minimum atomic E-state index is -0.942. The Morgan fingerprint density at radius 3 is 2.77 bits per heavy atom. The highest BCUT2D eigenvalue weighted by atomic mass is 16.5. The van der Waals surface area contributed by atoms with Gasteiger partial charge >= 0.3 is 11.9 Å². The Morgan fingerprint density at radius 1 is 1.54 bits per heavy atom. The fourth-order valence-electron chi connectivity index (χ4n) is 1.53. The normalized spacial score (nSPS) is 28.1. The Bertz CT molecular complexity index is 216. The highest BCUT2D eigenvalue weighted by molar-refractivity contribution is 5.84. The van der Waals surface area contributed by atoms with Crippen LogP contribution >= 0.6 is 0 Å². The third kappa shape index (κ3) is 2.18. The molecule has 0 saturated carbocycles. The molecule has 0 aliphatic carbocycles. The number of piperidine rings is 1. The zero-order valence-corrected chi connectivity index (χ0v) is 7.45. The molecule has 0 unspecified atom stereocenters. The highest BCUT2D eigenvalue weighted by Gasteiger charge is 2.36. The summed E-state index contributed by atoms with van der Waals surface area (Å²) in [7, 11) is 1.26. The number of aliphatic carboxylic acids is 1. The van der Waals surface area contributed by atoms with E-state index in [4.69, 9.17) is 5.11 Å². The van der Waals surface area contributed by atoms with Gasteiger partial charge in [-0.3, -0.25) is 9.59 Å². The number of hydrogen-bond donors (Lipinski definition) is 2. The van der Waals surface area contributed by atoms with Crippen LogP contribution < -0.4 is 5.32 Å². The molecule has 0 aromatic carbocycles. The van der Waals surface area contributed by atoms with Gasteiger partial charge in [-0.05, 0) is 19.4 Å². The quantitative estimate of drug-likeness (QED) is 0.576. The van der Waals surface area contributed by atoms with Crippen LogP contribution in [0.15, 0.2) is 0 Å². The number of nitrogens with one attached hydrogen (secondary N) is 1. The van der Waals surface area contributed by atoms with Gasteiger partial charge in [-0.25, -0.2) is 0 Å². The number of carbonyl (C=O) groups is 2. The first-order valence-corrected chi connectivity index (χ1v) is 4.21. The van der Waals surface area contributed by atoms with Gasteiger partial charge < -0.3 is 15.2 Å². The summed E-state index contributed by atoms with van der Waals surface area (Å²) in [5, 5.41) is 11.7. The van der Waals surface area contributed by atoms with E-state index in [-0.39, 0.29) is 0 Å². The van der Waals surface area contributed by atoms with Gasteiger partial charge in [-0.15, -0.1) is 0 Å². The lowest BCUT2D eigenvalue weighted by Gasteiger charge is -2.27. The number of carboxylic acids is 1. The standard InChI is InChI=1S/C8H13NO4/c1-13-8(12)6-5(7(10)11)3-2-4-9-6/h5-6,9H,2-4H2,1H3,(H,10,11)/t5-,6+/m0/s1. The number of carbonyl (C=O) groups excluding carboxylic acids is 1. The summed E-state index contributed by atoms with van der Waals surface area (Å²) in [5.74, 6) is -2.09. The predicted molar refractivity (Wildman–Crippen MR) is 44.2 cm³/mol. The molecular weight excluding hydrogens is 174 g/mol. The number of carboxylic acid groups (broad SMARTS) is 1. The lowest BCUT2D eigenvalue weighted by atomic mass is 9.91. The van der Waals surface area contributed by atoms with Crippen LogP contribution in [0, 0.1) is 5.92 Å². The minimum absolute atomic E-state index is 0.493. The summed E-state index contributed by atoms with van der Waals surface area (Å²) in [6.45, 7) is 0.670. The molecule has 13 heavy (non-hydrogen) atoms. The molecule has 0 radical (unpaired) electrons. The van der Waals surface area contributed by atoms with Crippen molar-refractivity contribution in [3.05, 3.63) is 0 Å². The van der Waals surface area contributed by atoms with E-state index in [1.165, 1.54) is 7.11 Å². The summed E-state index contributed by atoms with van der Waals surface area (Å²) in [6.07, 6.45) is 1.31. The van der Waals surface area contributed by atoms with Gasteiger partial charge in [0.2, 0.25) is 0 Å². The van der Waals surface area contributed by atoms with Gasteiger partial charge in [0.15, 0.2) is 0 Å². The van der Waals surface area contributed by atoms with Crippen molar-refractivity contribution in [2.24, 2.45) is 5.92 Å². The number of hydrogen-bond acceptors (Lipinski definition) is 4. The number of rotatable bonds is 2. The monoisotopic (exact) mass is 187 g/mol. The predicted octanol–water partition coefficient (Wildman–Crippen LogP) is -0.388. The highest BCUT2D eigenvalue weighted by Crippen LogP contribution is 2.17. The molecule has 1 aliphatic rings. The summed E-state index contributed by atoms with van der Waals surface area (Å²) < 4.78 is 4.51. The van der Waals surface area contributed by atoms with Crippen molar-refractivity contribution in [2.75, 3.05) is 13.7 Å². The molecular formula is C8H13NO4. The molecule has 2 atom stereocenters. The van der Waals surface area contributed by atoms with Crippen LogP contribution in [-0.4, -0.2) is 36.7 Å². The fourth-order valence-corrected chi connectivity index (χ4v) is 1.53. The number of methoxy groups -OCH3 is 1. The van der Waals surface area contributed by atoms with Crippen molar-refractivity contribution in [3.8, 4) is 0 Å². The van der Waals surface area contributed by atoms with Gasteiger partial charge in [0.05, 0.1) is 13.0 Å². The van der Waals surface area contributed by atoms with Crippen LogP contribution in [0.2, 0.25) is 0 Å². The third-order valence-electron chi connectivity index (χ3n) is 2.23. The molecule has 1 heterocycles. The van der Waals surface area contributed by atoms with Gasteiger partial charge in [0, 0.05) is 0 Å². The molecule has 1 rings (SSSR count). The van der Waals surface area contributed by atoms with E-state index in [1.54, 1.807) is 0 Å². The van der Waals surface area contributed by atoms with E-state index < -0.39 is 23.9 Å². The maximum Gasteiger partial charge on any atom is 0.323 e. The Balaban J connectivity index is 2.67. The Kier molecular flexibility index (Phi) is 3.25. The Hall–Kier alpha value is -1.10. The van der Waals surface area contributed by atoms with E-state index in [9.17, 15) is 9.59 Å². The third-order valence-corrected chi connectivity index (χ3v) is 2.23. The van der Waals surface area contributed by atoms with E-state index in [1.807, 2.05) is 0 Å². The van der Waals surface area contributed by atoms with Crippen molar-refractivity contribution in [1.82, 2.24) is 5.32 Å². The average Bonchev–Trinajstić information content (AvgIpc) is 2.16. The van der Waals surface area contributed by atoms with Crippen molar-refractivity contribution in [3.63, 3.8) is 0 Å². The van der Waals surface area contributed by atoms with Crippen LogP contribution in [0.1, 0.15) is 12.8 Å². The second kappa shape index (κ2) is 4.23. The molecule has 0 bridgehead atoms. The summed E-state index contributed by atoms with van der Waals surface area (Å²) in [5.41, 5.74) is 0. The molecule has 0 aromatic heterocycles. The molecule has 74 valence electrons. The molecule has 1 aliphatic heterocycles. The first kappa shape index (κ1) is 9.98. The molecule has 0 spiro atoms. The molecule has 0 amide bonds. The van der Waals surface area contributed by atoms with Crippen molar-refractivity contribution >= 4 is 11.9 Å². The molecule has 5 nitrogen and oxygen atoms in total. The Morgan fingerprint density at radius 2 is 2.23 bits per heavy atom. The second-order valence-electron chi connectivity index (χ2n) is 3.04. The van der Waals surface area contributed by atoms with Crippen LogP contribution in [0.5, 0.6) is 0 Å². The maximum absolute atomic E-state index is 11.1. The van der Waals surface area contributed by atoms with Crippen LogP contribution in [0.3, 0.4) is 0 Å². The van der Waals surface area contributed by atoms with Gasteiger partial charge in [0.25, 0.3) is 0 Å². The van der Waals surface area contributed by atoms with E-state index in [0.29, 0.717) is 13.0 Å². The zero-order chi connectivity index (χ0) is 9.84. The molecule has 0 aromatic rings. The first-order valence-electron chi connectivity index (χ1n) is 4.21. The van der Waals surface area contributed by atoms with Crippen LogP contribution in [0.4, 0.5) is 0 Å². The summed E-state index contributed by atoms with van der Waals surface area (Å²) in [4.78, 5) is 21.9. The first-order chi connectivity index (χ1) is 6.16. The SMILES string of the molecule is COC(=O)[C@@H]1NCCC[C@@H]1C(=O)O. The van der Waals surface area contributed by atoms with Crippen molar-refractivity contribution in [2.45, 2.75) is 18.9 Å². The largest absolute Gasteiger partial charge is 0.481 e.